The van der Waals surface area contributed by atoms with Gasteiger partial charge in [-0.1, -0.05) is 30.3 Å². The minimum atomic E-state index is -0.0843. The summed E-state index contributed by atoms with van der Waals surface area (Å²) in [7, 11) is 1.79. The topological polar surface area (TPSA) is 32.3 Å². The van der Waals surface area contributed by atoms with Gasteiger partial charge in [0, 0.05) is 19.3 Å². The first-order valence-corrected chi connectivity index (χ1v) is 6.79. The zero-order valence-electron chi connectivity index (χ0n) is 11.3. The fourth-order valence-electron chi connectivity index (χ4n) is 2.70. The molecule has 0 spiro atoms. The number of ether oxygens (including phenoxy) is 1. The number of rotatable bonds is 5. The van der Waals surface area contributed by atoms with Gasteiger partial charge >= 0.3 is 0 Å². The van der Waals surface area contributed by atoms with Crippen molar-refractivity contribution >= 4 is 0 Å². The molecule has 0 aliphatic carbocycles. The molecule has 0 saturated carbocycles. The van der Waals surface area contributed by atoms with Gasteiger partial charge in [-0.3, -0.25) is 0 Å². The largest absolute Gasteiger partial charge is 0.633 e. The highest BCUT2D eigenvalue weighted by Gasteiger charge is 2.32. The van der Waals surface area contributed by atoms with Crippen LogP contribution in [0.5, 0.6) is 0 Å². The summed E-state index contributed by atoms with van der Waals surface area (Å²) < 4.78 is 5.75. The summed E-state index contributed by atoms with van der Waals surface area (Å²) in [6, 6.07) is 10.4. The van der Waals surface area contributed by atoms with Gasteiger partial charge in [-0.15, -0.1) is 0 Å². The number of hydroxylamine groups is 3. The highest BCUT2D eigenvalue weighted by molar-refractivity contribution is 5.13. The van der Waals surface area contributed by atoms with Gasteiger partial charge in [-0.2, -0.15) is 0 Å². The van der Waals surface area contributed by atoms with E-state index in [1.807, 2.05) is 18.2 Å². The Hall–Kier alpha value is -0.900. The second kappa shape index (κ2) is 5.83. The van der Waals surface area contributed by atoms with Crippen LogP contribution in [-0.2, 0) is 11.3 Å². The van der Waals surface area contributed by atoms with Crippen molar-refractivity contribution in [3.8, 4) is 0 Å². The third kappa shape index (κ3) is 3.55. The SMILES string of the molecule is C[C@@H](C[C@H]1CCC[N+]1(C)[O-])OCc1ccccc1. The number of hydrogen-bond donors (Lipinski definition) is 0. The van der Waals surface area contributed by atoms with Crippen LogP contribution < -0.4 is 0 Å². The number of benzene rings is 1. The van der Waals surface area contributed by atoms with Crippen LogP contribution in [0.15, 0.2) is 30.3 Å². The number of hydrogen-bond acceptors (Lipinski definition) is 2. The molecule has 1 saturated heterocycles. The van der Waals surface area contributed by atoms with E-state index in [1.165, 1.54) is 5.56 Å². The van der Waals surface area contributed by atoms with Gasteiger partial charge in [0.2, 0.25) is 0 Å². The van der Waals surface area contributed by atoms with Crippen molar-refractivity contribution in [1.82, 2.24) is 0 Å². The first kappa shape index (κ1) is 13.5. The molecule has 1 unspecified atom stereocenters. The molecule has 2 rings (SSSR count). The van der Waals surface area contributed by atoms with Crippen LogP contribution in [0.25, 0.3) is 0 Å². The lowest BCUT2D eigenvalue weighted by Gasteiger charge is -2.41. The lowest BCUT2D eigenvalue weighted by molar-refractivity contribution is -0.873. The summed E-state index contributed by atoms with van der Waals surface area (Å²) in [5, 5.41) is 12.1. The molecule has 1 fully saturated rings. The summed E-state index contributed by atoms with van der Waals surface area (Å²) in [4.78, 5) is 0. The van der Waals surface area contributed by atoms with E-state index >= 15 is 0 Å². The predicted octanol–water partition coefficient (Wildman–Crippen LogP) is 3.09. The molecule has 0 aromatic heterocycles. The van der Waals surface area contributed by atoms with E-state index in [1.54, 1.807) is 7.05 Å². The van der Waals surface area contributed by atoms with E-state index in [0.717, 1.165) is 25.8 Å². The summed E-state index contributed by atoms with van der Waals surface area (Å²) in [6.45, 7) is 3.47. The standard InChI is InChI=1S/C15H23NO2/c1-13(11-15-9-6-10-16(15,2)17)18-12-14-7-4-3-5-8-14/h3-5,7-8,13,15H,6,9-12H2,1-2H3/t13-,15+,16?/m0/s1. The summed E-state index contributed by atoms with van der Waals surface area (Å²) in [5.74, 6) is 0. The number of nitrogens with zero attached hydrogens (tertiary/aromatic N) is 1. The maximum atomic E-state index is 12.1. The zero-order valence-corrected chi connectivity index (χ0v) is 11.3. The molecule has 100 valence electrons. The molecule has 18 heavy (non-hydrogen) atoms. The molecule has 0 amide bonds. The smallest absolute Gasteiger partial charge is 0.0912 e. The van der Waals surface area contributed by atoms with E-state index in [9.17, 15) is 5.21 Å². The van der Waals surface area contributed by atoms with Crippen LogP contribution in [0.2, 0.25) is 0 Å². The third-order valence-electron chi connectivity index (χ3n) is 3.89. The van der Waals surface area contributed by atoms with Gasteiger partial charge in [0.05, 0.1) is 32.3 Å². The predicted molar refractivity (Wildman–Crippen MR) is 72.8 cm³/mol. The van der Waals surface area contributed by atoms with Crippen LogP contribution in [0, 0.1) is 5.21 Å². The molecule has 0 N–H and O–H groups in total. The Labute approximate surface area is 110 Å². The summed E-state index contributed by atoms with van der Waals surface area (Å²) >= 11 is 0. The fourth-order valence-corrected chi connectivity index (χ4v) is 2.70. The highest BCUT2D eigenvalue weighted by Crippen LogP contribution is 2.27. The van der Waals surface area contributed by atoms with E-state index in [4.69, 9.17) is 4.74 Å². The molecule has 0 radical (unpaired) electrons. The maximum absolute atomic E-state index is 12.1. The number of quaternary nitrogens is 1. The molecular formula is C15H23NO2. The first-order chi connectivity index (χ1) is 8.58. The van der Waals surface area contributed by atoms with Crippen molar-refractivity contribution in [2.45, 2.75) is 44.9 Å². The van der Waals surface area contributed by atoms with Crippen molar-refractivity contribution in [1.29, 1.82) is 0 Å². The lowest BCUT2D eigenvalue weighted by Crippen LogP contribution is -2.43. The van der Waals surface area contributed by atoms with Crippen molar-refractivity contribution in [3.05, 3.63) is 41.1 Å². The van der Waals surface area contributed by atoms with Gasteiger partial charge in [0.1, 0.15) is 0 Å². The van der Waals surface area contributed by atoms with Gasteiger partial charge in [0.25, 0.3) is 0 Å². The second-order valence-electron chi connectivity index (χ2n) is 5.54. The monoisotopic (exact) mass is 249 g/mol. The van der Waals surface area contributed by atoms with Crippen LogP contribution in [0.1, 0.15) is 31.7 Å². The fraction of sp³-hybridized carbons (Fsp3) is 0.600. The normalized spacial score (nSPS) is 29.4. The molecule has 1 heterocycles. The molecule has 3 nitrogen and oxygen atoms in total. The van der Waals surface area contributed by atoms with Gasteiger partial charge < -0.3 is 14.6 Å². The van der Waals surface area contributed by atoms with Crippen LogP contribution >= 0.6 is 0 Å². The quantitative estimate of drug-likeness (QED) is 0.593. The van der Waals surface area contributed by atoms with Gasteiger partial charge in [0.15, 0.2) is 0 Å². The molecule has 1 aromatic carbocycles. The van der Waals surface area contributed by atoms with Crippen molar-refractivity contribution in [3.63, 3.8) is 0 Å². The first-order valence-electron chi connectivity index (χ1n) is 6.79. The Morgan fingerprint density at radius 3 is 2.72 bits per heavy atom. The van der Waals surface area contributed by atoms with Crippen LogP contribution in [-0.4, -0.2) is 30.4 Å². The molecule has 3 heteroatoms. The maximum Gasteiger partial charge on any atom is 0.0912 e. The van der Waals surface area contributed by atoms with Gasteiger partial charge in [-0.25, -0.2) is 0 Å². The Morgan fingerprint density at radius 2 is 2.11 bits per heavy atom. The molecule has 3 atom stereocenters. The highest BCUT2D eigenvalue weighted by atomic mass is 16.5. The Bertz CT molecular complexity index is 364. The van der Waals surface area contributed by atoms with E-state index < -0.39 is 0 Å². The Morgan fingerprint density at radius 1 is 1.39 bits per heavy atom. The minimum Gasteiger partial charge on any atom is -0.633 e. The lowest BCUT2D eigenvalue weighted by atomic mass is 10.1. The van der Waals surface area contributed by atoms with E-state index in [-0.39, 0.29) is 16.8 Å². The third-order valence-corrected chi connectivity index (χ3v) is 3.89. The molecule has 0 bridgehead atoms. The van der Waals surface area contributed by atoms with Crippen molar-refractivity contribution < 1.29 is 9.38 Å². The van der Waals surface area contributed by atoms with Gasteiger partial charge in [-0.05, 0) is 12.5 Å². The van der Waals surface area contributed by atoms with E-state index in [0.29, 0.717) is 6.61 Å². The Kier molecular flexibility index (Phi) is 4.38. The zero-order chi connectivity index (χ0) is 13.0. The van der Waals surface area contributed by atoms with Crippen molar-refractivity contribution in [2.75, 3.05) is 13.6 Å². The minimum absolute atomic E-state index is 0.0843. The molecular weight excluding hydrogens is 226 g/mol. The average Bonchev–Trinajstić information content (AvgIpc) is 2.68. The summed E-state index contributed by atoms with van der Waals surface area (Å²) in [5.41, 5.74) is 1.19. The summed E-state index contributed by atoms with van der Waals surface area (Å²) in [6.07, 6.45) is 3.11. The molecule has 1 aliphatic rings. The molecule has 1 aromatic rings. The van der Waals surface area contributed by atoms with Crippen LogP contribution in [0.3, 0.4) is 0 Å². The van der Waals surface area contributed by atoms with Crippen molar-refractivity contribution in [2.24, 2.45) is 0 Å². The molecule has 1 aliphatic heterocycles. The second-order valence-corrected chi connectivity index (χ2v) is 5.54. The van der Waals surface area contributed by atoms with E-state index in [2.05, 4.69) is 19.1 Å². The Balaban J connectivity index is 1.77. The van der Waals surface area contributed by atoms with Crippen LogP contribution in [0.4, 0.5) is 0 Å². The number of likely N-dealkylation sites (tertiary alicyclic amines) is 1. The average molecular weight is 249 g/mol.